The molecule has 0 aliphatic rings. The molecule has 0 heterocycles. The molecule has 2 nitrogen and oxygen atoms in total. The van der Waals surface area contributed by atoms with Crippen molar-refractivity contribution in [1.82, 2.24) is 0 Å². The summed E-state index contributed by atoms with van der Waals surface area (Å²) in [6, 6.07) is 13.2. The van der Waals surface area contributed by atoms with E-state index in [1.165, 1.54) is 11.1 Å². The molecule has 5 heteroatoms. The van der Waals surface area contributed by atoms with Gasteiger partial charge in [0.05, 0.1) is 23.0 Å². The van der Waals surface area contributed by atoms with E-state index in [1.54, 1.807) is 11.8 Å². The molecular formula is C26H36Br2O2S. The van der Waals surface area contributed by atoms with Gasteiger partial charge in [-0.2, -0.15) is 0 Å². The van der Waals surface area contributed by atoms with Gasteiger partial charge in [0.2, 0.25) is 0 Å². The maximum absolute atomic E-state index is 6.20. The molecule has 0 aliphatic heterocycles. The highest BCUT2D eigenvalue weighted by Gasteiger charge is 2.20. The predicted octanol–water partition coefficient (Wildman–Crippen LogP) is 8.76. The molecule has 0 saturated carbocycles. The Bertz CT molecular complexity index is 769. The quantitative estimate of drug-likeness (QED) is 0.210. The maximum atomic E-state index is 6.20. The molecule has 0 radical (unpaired) electrons. The fourth-order valence-electron chi connectivity index (χ4n) is 2.94. The summed E-state index contributed by atoms with van der Waals surface area (Å²) in [4.78, 5) is 2.24. The highest BCUT2D eigenvalue weighted by atomic mass is 79.9. The zero-order valence-electron chi connectivity index (χ0n) is 19.7. The number of alkyl halides is 2. The predicted molar refractivity (Wildman–Crippen MR) is 142 cm³/mol. The summed E-state index contributed by atoms with van der Waals surface area (Å²) < 4.78 is 12.4. The fraction of sp³-hybridized carbons (Fsp3) is 0.538. The molecule has 0 aromatic heterocycles. The van der Waals surface area contributed by atoms with Crippen LogP contribution in [0.5, 0.6) is 11.5 Å². The van der Waals surface area contributed by atoms with Gasteiger partial charge in [-0.15, -0.1) is 0 Å². The van der Waals surface area contributed by atoms with Crippen LogP contribution < -0.4 is 9.47 Å². The van der Waals surface area contributed by atoms with Crippen molar-refractivity contribution in [3.05, 3.63) is 47.5 Å². The Labute approximate surface area is 210 Å². The molecule has 0 fully saturated rings. The van der Waals surface area contributed by atoms with Crippen LogP contribution in [0, 0.1) is 0 Å². The Hall–Kier alpha value is -0.650. The lowest BCUT2D eigenvalue weighted by Crippen LogP contribution is -2.12. The molecule has 172 valence electrons. The van der Waals surface area contributed by atoms with E-state index in [-0.39, 0.29) is 10.8 Å². The standard InChI is InChI=1S/C26H36Br2O2S/c1-25(2,3)19-9-11-23(21(17-19)29-15-7-13-27)31-24-12-10-20(26(4,5)6)18-22(24)30-16-8-14-28/h9-12,17-18H,7-8,13-16H2,1-6H3. The minimum atomic E-state index is 0.0784. The first-order chi connectivity index (χ1) is 14.6. The fourth-order valence-corrected chi connectivity index (χ4v) is 4.34. The minimum absolute atomic E-state index is 0.0784. The van der Waals surface area contributed by atoms with Gasteiger partial charge in [0.25, 0.3) is 0 Å². The van der Waals surface area contributed by atoms with Crippen LogP contribution >= 0.6 is 43.6 Å². The highest BCUT2D eigenvalue weighted by Crippen LogP contribution is 2.42. The smallest absolute Gasteiger partial charge is 0.133 e. The molecular weight excluding hydrogens is 536 g/mol. The summed E-state index contributed by atoms with van der Waals surface area (Å²) in [5, 5.41) is 1.88. The van der Waals surface area contributed by atoms with E-state index in [2.05, 4.69) is 110 Å². The second-order valence-electron chi connectivity index (χ2n) is 9.71. The summed E-state index contributed by atoms with van der Waals surface area (Å²) in [5.74, 6) is 1.90. The van der Waals surface area contributed by atoms with Crippen molar-refractivity contribution in [3.63, 3.8) is 0 Å². The van der Waals surface area contributed by atoms with Crippen LogP contribution in [0.1, 0.15) is 65.5 Å². The van der Waals surface area contributed by atoms with E-state index in [1.807, 2.05) is 0 Å². The molecule has 31 heavy (non-hydrogen) atoms. The van der Waals surface area contributed by atoms with Gasteiger partial charge in [0.1, 0.15) is 11.5 Å². The molecule has 0 bridgehead atoms. The van der Waals surface area contributed by atoms with E-state index < -0.39 is 0 Å². The molecule has 0 aliphatic carbocycles. The van der Waals surface area contributed by atoms with Crippen LogP contribution in [0.3, 0.4) is 0 Å². The first-order valence-electron chi connectivity index (χ1n) is 10.9. The normalized spacial score (nSPS) is 12.1. The Morgan fingerprint density at radius 2 is 1.06 bits per heavy atom. The van der Waals surface area contributed by atoms with Crippen LogP contribution in [0.2, 0.25) is 0 Å². The largest absolute Gasteiger partial charge is 0.492 e. The molecule has 2 aromatic carbocycles. The summed E-state index contributed by atoms with van der Waals surface area (Å²) in [6.07, 6.45) is 1.95. The van der Waals surface area contributed by atoms with Crippen LogP contribution in [0.15, 0.2) is 46.2 Å². The summed E-state index contributed by atoms with van der Waals surface area (Å²) in [6.45, 7) is 14.8. The average molecular weight is 572 g/mol. The minimum Gasteiger partial charge on any atom is -0.492 e. The maximum Gasteiger partial charge on any atom is 0.133 e. The van der Waals surface area contributed by atoms with Crippen LogP contribution in [-0.4, -0.2) is 23.9 Å². The molecule has 0 unspecified atom stereocenters. The van der Waals surface area contributed by atoms with Crippen molar-refractivity contribution in [2.75, 3.05) is 23.9 Å². The number of benzene rings is 2. The van der Waals surface area contributed by atoms with Gasteiger partial charge >= 0.3 is 0 Å². The lowest BCUT2D eigenvalue weighted by atomic mass is 9.87. The van der Waals surface area contributed by atoms with Gasteiger partial charge in [-0.1, -0.05) is 97.3 Å². The lowest BCUT2D eigenvalue weighted by molar-refractivity contribution is 0.309. The summed E-state index contributed by atoms with van der Waals surface area (Å²) in [5.41, 5.74) is 2.72. The van der Waals surface area contributed by atoms with E-state index in [0.29, 0.717) is 13.2 Å². The van der Waals surface area contributed by atoms with Crippen molar-refractivity contribution in [3.8, 4) is 11.5 Å². The molecule has 2 aromatic rings. The van der Waals surface area contributed by atoms with Gasteiger partial charge in [0, 0.05) is 10.7 Å². The summed E-state index contributed by atoms with van der Waals surface area (Å²) >= 11 is 8.72. The average Bonchev–Trinajstić information content (AvgIpc) is 2.69. The van der Waals surface area contributed by atoms with Crippen molar-refractivity contribution in [1.29, 1.82) is 0 Å². The van der Waals surface area contributed by atoms with Gasteiger partial charge in [-0.3, -0.25) is 0 Å². The lowest BCUT2D eigenvalue weighted by Gasteiger charge is -2.23. The molecule has 0 N–H and O–H groups in total. The Balaban J connectivity index is 2.40. The van der Waals surface area contributed by atoms with Crippen LogP contribution in [0.25, 0.3) is 0 Å². The molecule has 0 saturated heterocycles. The van der Waals surface area contributed by atoms with Gasteiger partial charge in [0.15, 0.2) is 0 Å². The zero-order valence-corrected chi connectivity index (χ0v) is 23.7. The number of ether oxygens (including phenoxy) is 2. The second-order valence-corrected chi connectivity index (χ2v) is 12.4. The number of halogens is 2. The van der Waals surface area contributed by atoms with Crippen molar-refractivity contribution in [2.45, 2.75) is 75.0 Å². The molecule has 0 amide bonds. The topological polar surface area (TPSA) is 18.5 Å². The SMILES string of the molecule is CC(C)(C)c1ccc(Sc2ccc(C(C)(C)C)cc2OCCCBr)c(OCCCBr)c1. The first kappa shape index (κ1) is 26.6. The van der Waals surface area contributed by atoms with Gasteiger partial charge in [-0.05, 0) is 59.1 Å². The van der Waals surface area contributed by atoms with E-state index in [9.17, 15) is 0 Å². The van der Waals surface area contributed by atoms with E-state index in [0.717, 1.165) is 44.8 Å². The third kappa shape index (κ3) is 8.33. The monoisotopic (exact) mass is 570 g/mol. The van der Waals surface area contributed by atoms with Gasteiger partial charge in [-0.25, -0.2) is 0 Å². The third-order valence-electron chi connectivity index (χ3n) is 4.91. The van der Waals surface area contributed by atoms with Crippen LogP contribution in [0.4, 0.5) is 0 Å². The number of hydrogen-bond acceptors (Lipinski definition) is 3. The Morgan fingerprint density at radius 1 is 0.677 bits per heavy atom. The molecule has 0 spiro atoms. The Kier molecular flexibility index (Phi) is 10.3. The highest BCUT2D eigenvalue weighted by molar-refractivity contribution is 9.09. The third-order valence-corrected chi connectivity index (χ3v) is 7.15. The first-order valence-corrected chi connectivity index (χ1v) is 14.0. The molecule has 2 rings (SSSR count). The van der Waals surface area contributed by atoms with Crippen molar-refractivity contribution >= 4 is 43.6 Å². The van der Waals surface area contributed by atoms with Crippen molar-refractivity contribution in [2.24, 2.45) is 0 Å². The second kappa shape index (κ2) is 12.0. The Morgan fingerprint density at radius 3 is 1.39 bits per heavy atom. The van der Waals surface area contributed by atoms with E-state index in [4.69, 9.17) is 9.47 Å². The zero-order chi connectivity index (χ0) is 23.1. The number of rotatable bonds is 10. The van der Waals surface area contributed by atoms with Crippen molar-refractivity contribution < 1.29 is 9.47 Å². The molecule has 0 atom stereocenters. The van der Waals surface area contributed by atoms with E-state index >= 15 is 0 Å². The van der Waals surface area contributed by atoms with Gasteiger partial charge < -0.3 is 9.47 Å². The number of hydrogen-bond donors (Lipinski definition) is 0. The summed E-state index contributed by atoms with van der Waals surface area (Å²) in [7, 11) is 0. The van der Waals surface area contributed by atoms with Crippen LogP contribution in [-0.2, 0) is 10.8 Å².